The van der Waals surface area contributed by atoms with Gasteiger partial charge in [-0.15, -0.1) is 0 Å². The quantitative estimate of drug-likeness (QED) is 0.666. The number of fused-ring (bicyclic) bond motifs is 2. The van der Waals surface area contributed by atoms with Gasteiger partial charge in [-0.3, -0.25) is 0 Å². The van der Waals surface area contributed by atoms with Crippen LogP contribution in [0.2, 0.25) is 0 Å². The lowest BCUT2D eigenvalue weighted by atomic mass is 9.77. The summed E-state index contributed by atoms with van der Waals surface area (Å²) in [5.74, 6) is 1.48. The van der Waals surface area contributed by atoms with E-state index in [-0.39, 0.29) is 36.3 Å². The van der Waals surface area contributed by atoms with Crippen molar-refractivity contribution < 1.29 is 9.84 Å². The van der Waals surface area contributed by atoms with Crippen LogP contribution in [0, 0.1) is 23.7 Å². The number of hydrogen-bond acceptors (Lipinski definition) is 4. The molecule has 0 aromatic heterocycles. The maximum Gasteiger partial charge on any atom is 0.0979 e. The third-order valence-electron chi connectivity index (χ3n) is 6.76. The maximum absolute atomic E-state index is 10.7. The summed E-state index contributed by atoms with van der Waals surface area (Å²) in [5, 5.41) is 14.1. The van der Waals surface area contributed by atoms with Crippen LogP contribution in [-0.2, 0) is 4.74 Å². The Kier molecular flexibility index (Phi) is 6.39. The molecule has 26 heavy (non-hydrogen) atoms. The van der Waals surface area contributed by atoms with E-state index in [1.165, 1.54) is 12.0 Å². The second kappa shape index (κ2) is 8.39. The van der Waals surface area contributed by atoms with Crippen molar-refractivity contribution in [3.05, 3.63) is 35.9 Å². The largest absolute Gasteiger partial charge is 0.392 e. The van der Waals surface area contributed by atoms with Crippen LogP contribution in [0.3, 0.4) is 0 Å². The molecule has 2 fully saturated rings. The normalized spacial score (nSPS) is 32.6. The lowest BCUT2D eigenvalue weighted by Gasteiger charge is -2.40. The van der Waals surface area contributed by atoms with Crippen molar-refractivity contribution >= 4 is 0 Å². The SMILES string of the molecule is CN[C@@H](C)[C@H](O[C@H](C(C)C)C(N)[C@@H]1[C@H]2CC[C@H](C2)[C@@H]1O)c1ccccc1. The van der Waals surface area contributed by atoms with Crippen molar-refractivity contribution in [2.45, 2.75) is 70.4 Å². The Labute approximate surface area is 158 Å². The molecule has 0 amide bonds. The van der Waals surface area contributed by atoms with E-state index in [0.717, 1.165) is 12.8 Å². The summed E-state index contributed by atoms with van der Waals surface area (Å²) in [6.45, 7) is 6.50. The minimum atomic E-state index is -0.259. The standard InChI is InChI=1S/C22H36N2O2/c1-13(2)21(19(23)18-16-10-11-17(12-16)20(18)25)26-22(14(3)24-4)15-8-6-5-7-9-15/h5-9,13-14,16-22,24-25H,10-12,23H2,1-4H3/t14-,16-,17+,18-,19?,20-,21+,22-/m0/s1. The molecule has 1 unspecified atom stereocenters. The molecule has 1 aromatic rings. The number of aliphatic hydroxyl groups is 1. The molecule has 4 nitrogen and oxygen atoms in total. The Balaban J connectivity index is 1.80. The summed E-state index contributed by atoms with van der Waals surface area (Å²) in [6.07, 6.45) is 3.11. The van der Waals surface area contributed by atoms with Gasteiger partial charge in [0.15, 0.2) is 0 Å². The highest BCUT2D eigenvalue weighted by Gasteiger charge is 2.51. The second-order valence-electron chi connectivity index (χ2n) is 8.73. The Morgan fingerprint density at radius 1 is 1.12 bits per heavy atom. The first-order valence-electron chi connectivity index (χ1n) is 10.2. The predicted octanol–water partition coefficient (Wildman–Crippen LogP) is 3.11. The fourth-order valence-electron chi connectivity index (χ4n) is 5.21. The van der Waals surface area contributed by atoms with E-state index in [1.54, 1.807) is 0 Å². The summed E-state index contributed by atoms with van der Waals surface area (Å²) >= 11 is 0. The molecule has 8 atom stereocenters. The predicted molar refractivity (Wildman–Crippen MR) is 106 cm³/mol. The number of ether oxygens (including phenoxy) is 1. The van der Waals surface area contributed by atoms with Gasteiger partial charge < -0.3 is 20.9 Å². The van der Waals surface area contributed by atoms with Gasteiger partial charge in [-0.1, -0.05) is 44.2 Å². The first kappa shape index (κ1) is 19.8. The number of nitrogens with two attached hydrogens (primary N) is 1. The summed E-state index contributed by atoms with van der Waals surface area (Å²) in [6, 6.07) is 10.4. The molecule has 2 saturated carbocycles. The van der Waals surface area contributed by atoms with Crippen LogP contribution < -0.4 is 11.1 Å². The molecule has 0 heterocycles. The van der Waals surface area contributed by atoms with E-state index in [9.17, 15) is 5.11 Å². The van der Waals surface area contributed by atoms with Crippen LogP contribution in [-0.4, -0.2) is 36.4 Å². The minimum Gasteiger partial charge on any atom is -0.392 e. The lowest BCUT2D eigenvalue weighted by molar-refractivity contribution is -0.0873. The van der Waals surface area contributed by atoms with Gasteiger partial charge in [-0.2, -0.15) is 0 Å². The molecule has 1 aromatic carbocycles. The third-order valence-corrected chi connectivity index (χ3v) is 6.76. The Morgan fingerprint density at radius 3 is 2.31 bits per heavy atom. The van der Waals surface area contributed by atoms with Gasteiger partial charge >= 0.3 is 0 Å². The zero-order chi connectivity index (χ0) is 18.8. The molecule has 0 spiro atoms. The Morgan fingerprint density at radius 2 is 1.77 bits per heavy atom. The van der Waals surface area contributed by atoms with Crippen molar-refractivity contribution in [3.8, 4) is 0 Å². The van der Waals surface area contributed by atoms with Crippen LogP contribution in [0.1, 0.15) is 51.7 Å². The Hall–Kier alpha value is -0.940. The molecule has 0 saturated heterocycles. The molecule has 0 radical (unpaired) electrons. The molecule has 4 heteroatoms. The summed E-state index contributed by atoms with van der Waals surface area (Å²) in [5.41, 5.74) is 7.93. The number of rotatable bonds is 8. The van der Waals surface area contributed by atoms with Gasteiger partial charge in [0.25, 0.3) is 0 Å². The van der Waals surface area contributed by atoms with Crippen molar-refractivity contribution in [1.29, 1.82) is 0 Å². The van der Waals surface area contributed by atoms with E-state index < -0.39 is 0 Å². The van der Waals surface area contributed by atoms with Crippen LogP contribution in [0.25, 0.3) is 0 Å². The molecular weight excluding hydrogens is 324 g/mol. The van der Waals surface area contributed by atoms with Crippen LogP contribution in [0.4, 0.5) is 0 Å². The molecule has 3 rings (SSSR count). The molecule has 2 aliphatic rings. The average molecular weight is 361 g/mol. The Bertz CT molecular complexity index is 563. The van der Waals surface area contributed by atoms with Crippen LogP contribution in [0.15, 0.2) is 30.3 Å². The first-order chi connectivity index (χ1) is 12.4. The average Bonchev–Trinajstić information content (AvgIpc) is 3.23. The monoisotopic (exact) mass is 360 g/mol. The highest BCUT2D eigenvalue weighted by atomic mass is 16.5. The second-order valence-corrected chi connectivity index (χ2v) is 8.73. The summed E-state index contributed by atoms with van der Waals surface area (Å²) in [7, 11) is 1.97. The topological polar surface area (TPSA) is 67.5 Å². The van der Waals surface area contributed by atoms with Gasteiger partial charge in [0.2, 0.25) is 0 Å². The van der Waals surface area contributed by atoms with Crippen molar-refractivity contribution in [2.24, 2.45) is 29.4 Å². The van der Waals surface area contributed by atoms with Crippen molar-refractivity contribution in [1.82, 2.24) is 5.32 Å². The summed E-state index contributed by atoms with van der Waals surface area (Å²) in [4.78, 5) is 0. The van der Waals surface area contributed by atoms with E-state index in [4.69, 9.17) is 10.5 Å². The molecule has 2 bridgehead atoms. The molecule has 0 aliphatic heterocycles. The third kappa shape index (κ3) is 3.84. The lowest BCUT2D eigenvalue weighted by Crippen LogP contribution is -2.52. The van der Waals surface area contributed by atoms with Crippen LogP contribution in [0.5, 0.6) is 0 Å². The fourth-order valence-corrected chi connectivity index (χ4v) is 5.21. The highest BCUT2D eigenvalue weighted by Crippen LogP contribution is 2.50. The number of aliphatic hydroxyl groups excluding tert-OH is 1. The summed E-state index contributed by atoms with van der Waals surface area (Å²) < 4.78 is 6.68. The van der Waals surface area contributed by atoms with Gasteiger partial charge in [-0.25, -0.2) is 0 Å². The highest BCUT2D eigenvalue weighted by molar-refractivity contribution is 5.19. The first-order valence-corrected chi connectivity index (χ1v) is 10.2. The van der Waals surface area contributed by atoms with E-state index in [1.807, 2.05) is 13.1 Å². The smallest absolute Gasteiger partial charge is 0.0979 e. The van der Waals surface area contributed by atoms with Gasteiger partial charge in [0.1, 0.15) is 0 Å². The zero-order valence-corrected chi connectivity index (χ0v) is 16.6. The van der Waals surface area contributed by atoms with Gasteiger partial charge in [-0.05, 0) is 56.6 Å². The molecule has 4 N–H and O–H groups in total. The minimum absolute atomic E-state index is 0.0598. The van der Waals surface area contributed by atoms with Gasteiger partial charge in [0.05, 0.1) is 18.3 Å². The van der Waals surface area contributed by atoms with Crippen molar-refractivity contribution in [3.63, 3.8) is 0 Å². The molecular formula is C22H36N2O2. The number of nitrogens with one attached hydrogen (secondary N) is 1. The molecule has 146 valence electrons. The molecule has 2 aliphatic carbocycles. The number of benzene rings is 1. The van der Waals surface area contributed by atoms with Crippen LogP contribution >= 0.6 is 0 Å². The zero-order valence-electron chi connectivity index (χ0n) is 16.6. The fraction of sp³-hybridized carbons (Fsp3) is 0.727. The number of hydrogen-bond donors (Lipinski definition) is 3. The number of likely N-dealkylation sites (N-methyl/N-ethyl adjacent to an activating group) is 1. The van der Waals surface area contributed by atoms with E-state index >= 15 is 0 Å². The van der Waals surface area contributed by atoms with Crippen molar-refractivity contribution in [2.75, 3.05) is 7.05 Å². The van der Waals surface area contributed by atoms with E-state index in [0.29, 0.717) is 17.8 Å². The van der Waals surface area contributed by atoms with E-state index in [2.05, 4.69) is 50.4 Å². The maximum atomic E-state index is 10.7. The van der Waals surface area contributed by atoms with Gasteiger partial charge in [0, 0.05) is 18.0 Å².